The van der Waals surface area contributed by atoms with Crippen LogP contribution in [0.2, 0.25) is 0 Å². The standard InChI is InChI=1S/C16H22N2O.ClH/c1-11-7-8-18(15-6-4-3-5-14(11)15)16(19)12(2)13-9-17-10-13;/h3-6,11-13,17H,7-10H2,1-2H3;1H. The van der Waals surface area contributed by atoms with E-state index in [1.165, 1.54) is 5.56 Å². The van der Waals surface area contributed by atoms with Crippen molar-refractivity contribution in [2.75, 3.05) is 24.5 Å². The zero-order valence-corrected chi connectivity index (χ0v) is 13.0. The van der Waals surface area contributed by atoms with Crippen LogP contribution < -0.4 is 10.2 Å². The molecule has 0 spiro atoms. The highest BCUT2D eigenvalue weighted by Crippen LogP contribution is 2.36. The summed E-state index contributed by atoms with van der Waals surface area (Å²) in [6.45, 7) is 7.16. The average molecular weight is 295 g/mol. The molecule has 1 N–H and O–H groups in total. The summed E-state index contributed by atoms with van der Waals surface area (Å²) in [6, 6.07) is 8.36. The van der Waals surface area contributed by atoms with Crippen molar-refractivity contribution in [1.82, 2.24) is 5.32 Å². The van der Waals surface area contributed by atoms with Gasteiger partial charge in [-0.2, -0.15) is 0 Å². The van der Waals surface area contributed by atoms with Crippen LogP contribution in [-0.2, 0) is 4.79 Å². The number of hydrogen-bond donors (Lipinski definition) is 1. The summed E-state index contributed by atoms with van der Waals surface area (Å²) in [5.41, 5.74) is 2.45. The van der Waals surface area contributed by atoms with E-state index in [1.54, 1.807) is 0 Å². The number of hydrogen-bond acceptors (Lipinski definition) is 2. The number of nitrogens with zero attached hydrogens (tertiary/aromatic N) is 1. The van der Waals surface area contributed by atoms with Gasteiger partial charge in [0, 0.05) is 18.2 Å². The minimum absolute atomic E-state index is 0. The molecule has 2 aliphatic heterocycles. The number of anilines is 1. The van der Waals surface area contributed by atoms with Gasteiger partial charge in [-0.25, -0.2) is 0 Å². The molecule has 2 atom stereocenters. The predicted octanol–water partition coefficient (Wildman–Crippen LogP) is 2.80. The van der Waals surface area contributed by atoms with Crippen LogP contribution in [0.3, 0.4) is 0 Å². The summed E-state index contributed by atoms with van der Waals surface area (Å²) in [5, 5.41) is 3.26. The lowest BCUT2D eigenvalue weighted by Crippen LogP contribution is -2.51. The van der Waals surface area contributed by atoms with Crippen LogP contribution >= 0.6 is 12.4 Å². The number of carbonyl (C=O) groups excluding carboxylic acids is 1. The molecule has 0 aromatic heterocycles. The number of fused-ring (bicyclic) bond motifs is 1. The van der Waals surface area contributed by atoms with Gasteiger partial charge >= 0.3 is 0 Å². The largest absolute Gasteiger partial charge is 0.316 e. The van der Waals surface area contributed by atoms with Gasteiger partial charge < -0.3 is 10.2 Å². The predicted molar refractivity (Wildman–Crippen MR) is 84.6 cm³/mol. The van der Waals surface area contributed by atoms with Gasteiger partial charge in [-0.15, -0.1) is 12.4 Å². The second-order valence-electron chi connectivity index (χ2n) is 5.95. The number of amides is 1. The molecule has 110 valence electrons. The van der Waals surface area contributed by atoms with E-state index in [0.717, 1.165) is 31.7 Å². The summed E-state index contributed by atoms with van der Waals surface area (Å²) in [5.74, 6) is 1.49. The number of para-hydroxylation sites is 1. The van der Waals surface area contributed by atoms with Crippen molar-refractivity contribution in [3.63, 3.8) is 0 Å². The molecule has 3 nitrogen and oxygen atoms in total. The van der Waals surface area contributed by atoms with E-state index in [-0.39, 0.29) is 18.3 Å². The first-order chi connectivity index (χ1) is 9.18. The Morgan fingerprint density at radius 1 is 1.35 bits per heavy atom. The van der Waals surface area contributed by atoms with Crippen LogP contribution in [0.4, 0.5) is 5.69 Å². The quantitative estimate of drug-likeness (QED) is 0.910. The fraction of sp³-hybridized carbons (Fsp3) is 0.562. The third-order valence-corrected chi connectivity index (χ3v) is 4.72. The summed E-state index contributed by atoms with van der Waals surface area (Å²) < 4.78 is 0. The topological polar surface area (TPSA) is 32.3 Å². The van der Waals surface area contributed by atoms with Gasteiger partial charge in [-0.05, 0) is 43.0 Å². The number of benzene rings is 1. The van der Waals surface area contributed by atoms with Crippen LogP contribution in [-0.4, -0.2) is 25.5 Å². The van der Waals surface area contributed by atoms with Gasteiger partial charge in [-0.1, -0.05) is 32.0 Å². The minimum atomic E-state index is 0. The van der Waals surface area contributed by atoms with Gasteiger partial charge in [0.1, 0.15) is 0 Å². The molecular weight excluding hydrogens is 272 g/mol. The fourth-order valence-electron chi connectivity index (χ4n) is 3.09. The lowest BCUT2D eigenvalue weighted by Gasteiger charge is -2.38. The number of nitrogens with one attached hydrogen (secondary N) is 1. The molecule has 0 aliphatic carbocycles. The Kier molecular flexibility index (Phi) is 4.71. The fourth-order valence-corrected chi connectivity index (χ4v) is 3.09. The van der Waals surface area contributed by atoms with Crippen LogP contribution in [0.25, 0.3) is 0 Å². The highest BCUT2D eigenvalue weighted by Gasteiger charge is 2.34. The van der Waals surface area contributed by atoms with E-state index in [0.29, 0.717) is 17.7 Å². The molecule has 2 heterocycles. The van der Waals surface area contributed by atoms with Crippen molar-refractivity contribution in [3.8, 4) is 0 Å². The highest BCUT2D eigenvalue weighted by molar-refractivity contribution is 5.96. The van der Waals surface area contributed by atoms with E-state index >= 15 is 0 Å². The molecule has 0 bridgehead atoms. The molecule has 2 unspecified atom stereocenters. The normalized spacial score (nSPS) is 23.3. The molecule has 3 rings (SSSR count). The smallest absolute Gasteiger partial charge is 0.230 e. The summed E-state index contributed by atoms with van der Waals surface area (Å²) >= 11 is 0. The first kappa shape index (κ1) is 15.3. The lowest BCUT2D eigenvalue weighted by atomic mass is 9.86. The summed E-state index contributed by atoms with van der Waals surface area (Å²) in [7, 11) is 0. The molecule has 1 amide bonds. The summed E-state index contributed by atoms with van der Waals surface area (Å²) in [4.78, 5) is 14.7. The number of carbonyl (C=O) groups is 1. The molecule has 1 aromatic rings. The molecule has 0 radical (unpaired) electrons. The highest BCUT2D eigenvalue weighted by atomic mass is 35.5. The zero-order valence-electron chi connectivity index (χ0n) is 12.1. The molecule has 0 saturated carbocycles. The minimum Gasteiger partial charge on any atom is -0.316 e. The molecule has 2 aliphatic rings. The Hall–Kier alpha value is -1.06. The molecule has 20 heavy (non-hydrogen) atoms. The Morgan fingerprint density at radius 3 is 2.70 bits per heavy atom. The number of halogens is 1. The van der Waals surface area contributed by atoms with Crippen molar-refractivity contribution in [2.45, 2.75) is 26.2 Å². The molecule has 1 fully saturated rings. The van der Waals surface area contributed by atoms with Crippen molar-refractivity contribution in [1.29, 1.82) is 0 Å². The molecule has 4 heteroatoms. The van der Waals surface area contributed by atoms with E-state index in [9.17, 15) is 4.79 Å². The van der Waals surface area contributed by atoms with Crippen molar-refractivity contribution in [3.05, 3.63) is 29.8 Å². The maximum absolute atomic E-state index is 12.7. The maximum Gasteiger partial charge on any atom is 0.230 e. The lowest BCUT2D eigenvalue weighted by molar-refractivity contribution is -0.124. The first-order valence-corrected chi connectivity index (χ1v) is 7.29. The Bertz CT molecular complexity index is 487. The van der Waals surface area contributed by atoms with Crippen molar-refractivity contribution >= 4 is 24.0 Å². The molecule has 1 saturated heterocycles. The second-order valence-corrected chi connectivity index (χ2v) is 5.95. The summed E-state index contributed by atoms with van der Waals surface area (Å²) in [6.07, 6.45) is 1.07. The maximum atomic E-state index is 12.7. The third-order valence-electron chi connectivity index (χ3n) is 4.72. The van der Waals surface area contributed by atoms with Crippen LogP contribution in [0.5, 0.6) is 0 Å². The molecular formula is C16H23ClN2O. The monoisotopic (exact) mass is 294 g/mol. The van der Waals surface area contributed by atoms with E-state index in [4.69, 9.17) is 0 Å². The van der Waals surface area contributed by atoms with Gasteiger partial charge in [0.2, 0.25) is 5.91 Å². The van der Waals surface area contributed by atoms with Gasteiger partial charge in [0.15, 0.2) is 0 Å². The SMILES string of the molecule is CC1CCN(C(=O)C(C)C2CNC2)c2ccccc21.Cl. The van der Waals surface area contributed by atoms with E-state index in [1.807, 2.05) is 11.0 Å². The third kappa shape index (κ3) is 2.57. The van der Waals surface area contributed by atoms with Crippen LogP contribution in [0.1, 0.15) is 31.7 Å². The van der Waals surface area contributed by atoms with Crippen molar-refractivity contribution < 1.29 is 4.79 Å². The Balaban J connectivity index is 0.00000147. The number of rotatable bonds is 2. The van der Waals surface area contributed by atoms with Crippen molar-refractivity contribution in [2.24, 2.45) is 11.8 Å². The van der Waals surface area contributed by atoms with Gasteiger partial charge in [0.05, 0.1) is 0 Å². The van der Waals surface area contributed by atoms with Gasteiger partial charge in [0.25, 0.3) is 0 Å². The van der Waals surface area contributed by atoms with E-state index in [2.05, 4.69) is 37.4 Å². The first-order valence-electron chi connectivity index (χ1n) is 7.29. The van der Waals surface area contributed by atoms with E-state index < -0.39 is 0 Å². The van der Waals surface area contributed by atoms with Crippen LogP contribution in [0, 0.1) is 11.8 Å². The van der Waals surface area contributed by atoms with Crippen LogP contribution in [0.15, 0.2) is 24.3 Å². The average Bonchev–Trinajstić information content (AvgIpc) is 2.37. The van der Waals surface area contributed by atoms with Gasteiger partial charge in [-0.3, -0.25) is 4.79 Å². The second kappa shape index (κ2) is 6.15. The Morgan fingerprint density at radius 2 is 2.05 bits per heavy atom. The zero-order chi connectivity index (χ0) is 13.4. The molecule has 1 aromatic carbocycles. The Labute approximate surface area is 127 Å².